The van der Waals surface area contributed by atoms with Crippen LogP contribution in [0.15, 0.2) is 11.6 Å². The number of esters is 2. The van der Waals surface area contributed by atoms with Crippen LogP contribution in [-0.2, 0) is 19.1 Å². The Morgan fingerprint density at radius 2 is 1.46 bits per heavy atom. The van der Waals surface area contributed by atoms with Crippen molar-refractivity contribution in [3.8, 4) is 0 Å². The van der Waals surface area contributed by atoms with Gasteiger partial charge in [0.1, 0.15) is 12.6 Å². The fourth-order valence-electron chi connectivity index (χ4n) is 4.10. The number of thioether (sulfide) groups is 1. The first-order valence-electron chi connectivity index (χ1n) is 13.9. The van der Waals surface area contributed by atoms with Gasteiger partial charge in [0.15, 0.2) is 0 Å². The maximum Gasteiger partial charge on any atom is 0.329 e. The van der Waals surface area contributed by atoms with E-state index in [9.17, 15) is 14.4 Å². The van der Waals surface area contributed by atoms with Crippen molar-refractivity contribution >= 4 is 29.7 Å². The number of carbonyl (C=O) groups excluding carboxylic acids is 3. The second kappa shape index (κ2) is 21.3. The summed E-state index contributed by atoms with van der Waals surface area (Å²) in [5.74, 6) is 2.55. The Bertz CT molecular complexity index is 683. The summed E-state index contributed by atoms with van der Waals surface area (Å²) in [6, 6.07) is -1.31. The molecule has 0 heterocycles. The molecule has 0 aliphatic heterocycles. The van der Waals surface area contributed by atoms with Crippen molar-refractivity contribution in [1.82, 2.24) is 10.2 Å². The Morgan fingerprint density at radius 1 is 0.892 bits per heavy atom. The van der Waals surface area contributed by atoms with Gasteiger partial charge in [-0.1, -0.05) is 84.3 Å². The van der Waals surface area contributed by atoms with E-state index < -0.39 is 24.0 Å². The molecule has 37 heavy (non-hydrogen) atoms. The number of methoxy groups -OCH3 is 2. The summed E-state index contributed by atoms with van der Waals surface area (Å²) in [6.45, 7) is 11.4. The second-order valence-electron chi connectivity index (χ2n) is 10.9. The molecule has 0 aromatic rings. The number of nitrogens with zero attached hydrogens (tertiary/aromatic N) is 1. The quantitative estimate of drug-likeness (QED) is 0.108. The van der Waals surface area contributed by atoms with Gasteiger partial charge in [0.05, 0.1) is 14.2 Å². The van der Waals surface area contributed by atoms with Crippen LogP contribution in [0.3, 0.4) is 0 Å². The zero-order valence-electron chi connectivity index (χ0n) is 24.8. The maximum atomic E-state index is 12.3. The van der Waals surface area contributed by atoms with E-state index in [1.165, 1.54) is 83.1 Å². The molecular weight excluding hydrogens is 488 g/mol. The van der Waals surface area contributed by atoms with E-state index in [1.807, 2.05) is 0 Å². The molecule has 0 fully saturated rings. The first-order chi connectivity index (χ1) is 17.5. The van der Waals surface area contributed by atoms with E-state index in [-0.39, 0.29) is 6.54 Å². The van der Waals surface area contributed by atoms with E-state index in [2.05, 4.69) is 50.7 Å². The van der Waals surface area contributed by atoms with Crippen LogP contribution in [-0.4, -0.2) is 68.2 Å². The van der Waals surface area contributed by atoms with Crippen LogP contribution in [0.25, 0.3) is 0 Å². The molecule has 0 spiro atoms. The topological polar surface area (TPSA) is 84.9 Å². The molecule has 0 saturated carbocycles. The molecule has 0 aromatic heterocycles. The molecule has 0 saturated heterocycles. The molecule has 0 aromatic carbocycles. The summed E-state index contributed by atoms with van der Waals surface area (Å²) in [7, 11) is 4.02. The van der Waals surface area contributed by atoms with E-state index >= 15 is 0 Å². The van der Waals surface area contributed by atoms with Gasteiger partial charge in [-0.15, -0.1) is 0 Å². The monoisotopic (exact) mass is 542 g/mol. The Hall–Kier alpha value is -1.70. The highest BCUT2D eigenvalue weighted by molar-refractivity contribution is 7.99. The molecule has 0 aliphatic rings. The van der Waals surface area contributed by atoms with Crippen LogP contribution in [0.4, 0.5) is 4.79 Å². The van der Waals surface area contributed by atoms with Crippen molar-refractivity contribution in [3.63, 3.8) is 0 Å². The summed E-state index contributed by atoms with van der Waals surface area (Å²) >= 11 is 1.56. The lowest BCUT2D eigenvalue weighted by molar-refractivity contribution is -0.142. The normalized spacial score (nSPS) is 14.1. The highest BCUT2D eigenvalue weighted by Gasteiger charge is 2.24. The summed E-state index contributed by atoms with van der Waals surface area (Å²) in [4.78, 5) is 36.9. The zero-order valence-corrected chi connectivity index (χ0v) is 25.6. The van der Waals surface area contributed by atoms with Crippen molar-refractivity contribution in [3.05, 3.63) is 11.6 Å². The molecule has 2 amide bonds. The Morgan fingerprint density at radius 3 is 2.00 bits per heavy atom. The standard InChI is InChI=1S/C29H54N2O5S/c1-22(2)12-9-13-23(3)14-10-15-24(4)16-11-17-25(5)18-19-37-21-26(28(33)36-8)30-29(34)31(6)20-27(32)35-7/h18,22-24,26H,9-17,19-21H2,1-8H3,(H,30,34)/b25-18+/t23?,24?,26-/m0/s1. The fourth-order valence-corrected chi connectivity index (χ4v) is 5.09. The first kappa shape index (κ1) is 35.3. The lowest BCUT2D eigenvalue weighted by atomic mass is 9.91. The van der Waals surface area contributed by atoms with Crippen LogP contribution in [0.1, 0.15) is 92.4 Å². The van der Waals surface area contributed by atoms with Gasteiger partial charge in [-0.25, -0.2) is 9.59 Å². The van der Waals surface area contributed by atoms with Gasteiger partial charge in [0.25, 0.3) is 0 Å². The lowest BCUT2D eigenvalue weighted by Gasteiger charge is -2.21. The molecule has 0 radical (unpaired) electrons. The predicted molar refractivity (Wildman–Crippen MR) is 155 cm³/mol. The van der Waals surface area contributed by atoms with Gasteiger partial charge >= 0.3 is 18.0 Å². The molecule has 0 bridgehead atoms. The van der Waals surface area contributed by atoms with E-state index in [1.54, 1.807) is 11.8 Å². The summed E-state index contributed by atoms with van der Waals surface area (Å²) in [5, 5.41) is 2.63. The minimum Gasteiger partial charge on any atom is -0.468 e. The first-order valence-corrected chi connectivity index (χ1v) is 15.0. The van der Waals surface area contributed by atoms with Crippen LogP contribution in [0.2, 0.25) is 0 Å². The van der Waals surface area contributed by atoms with Crippen LogP contribution < -0.4 is 5.32 Å². The van der Waals surface area contributed by atoms with Crippen LogP contribution in [0.5, 0.6) is 0 Å². The van der Waals surface area contributed by atoms with Crippen molar-refractivity contribution in [2.45, 2.75) is 98.4 Å². The average molecular weight is 543 g/mol. The van der Waals surface area contributed by atoms with Gasteiger partial charge < -0.3 is 19.7 Å². The number of carbonyl (C=O) groups is 3. The van der Waals surface area contributed by atoms with Gasteiger partial charge in [0, 0.05) is 18.6 Å². The van der Waals surface area contributed by atoms with Gasteiger partial charge in [-0.3, -0.25) is 4.79 Å². The molecule has 216 valence electrons. The number of hydrogen-bond donors (Lipinski definition) is 1. The minimum atomic E-state index is -0.782. The number of hydrogen-bond acceptors (Lipinski definition) is 6. The molecule has 1 N–H and O–H groups in total. The third-order valence-corrected chi connectivity index (χ3v) is 7.67. The van der Waals surface area contributed by atoms with Crippen LogP contribution in [0, 0.1) is 17.8 Å². The minimum absolute atomic E-state index is 0.193. The van der Waals surface area contributed by atoms with Gasteiger partial charge in [0.2, 0.25) is 0 Å². The Balaban J connectivity index is 4.21. The van der Waals surface area contributed by atoms with Gasteiger partial charge in [-0.2, -0.15) is 11.8 Å². The van der Waals surface area contributed by atoms with E-state index in [4.69, 9.17) is 4.74 Å². The Labute approximate surface area is 230 Å². The van der Waals surface area contributed by atoms with E-state index in [0.29, 0.717) is 5.75 Å². The number of urea groups is 1. The number of likely N-dealkylation sites (N-methyl/N-ethyl adjacent to an activating group) is 1. The maximum absolute atomic E-state index is 12.3. The SMILES string of the molecule is COC(=O)CN(C)C(=O)N[C@@H](CSC/C=C(\C)CCCC(C)CCCC(C)CCCC(C)C)C(=O)OC. The van der Waals surface area contributed by atoms with Crippen molar-refractivity contribution < 1.29 is 23.9 Å². The molecular formula is C29H54N2O5S. The molecule has 0 aliphatic carbocycles. The van der Waals surface area contributed by atoms with Crippen molar-refractivity contribution in [2.75, 3.05) is 39.3 Å². The highest BCUT2D eigenvalue weighted by atomic mass is 32.2. The summed E-state index contributed by atoms with van der Waals surface area (Å²) < 4.78 is 9.39. The number of nitrogens with one attached hydrogen (secondary N) is 1. The Kier molecular flexibility index (Phi) is 20.3. The van der Waals surface area contributed by atoms with Crippen molar-refractivity contribution in [2.24, 2.45) is 17.8 Å². The predicted octanol–water partition coefficient (Wildman–Crippen LogP) is 6.46. The molecule has 8 heteroatoms. The fraction of sp³-hybridized carbons (Fsp3) is 0.828. The lowest BCUT2D eigenvalue weighted by Crippen LogP contribution is -2.49. The number of amides is 2. The summed E-state index contributed by atoms with van der Waals surface area (Å²) in [6.07, 6.45) is 13.9. The number of allylic oxidation sites excluding steroid dienone is 1. The third-order valence-electron chi connectivity index (χ3n) is 6.70. The summed E-state index contributed by atoms with van der Waals surface area (Å²) in [5.41, 5.74) is 1.36. The largest absolute Gasteiger partial charge is 0.468 e. The molecule has 7 nitrogen and oxygen atoms in total. The number of rotatable bonds is 20. The molecule has 0 rings (SSSR count). The smallest absolute Gasteiger partial charge is 0.329 e. The van der Waals surface area contributed by atoms with Gasteiger partial charge in [-0.05, 0) is 37.5 Å². The van der Waals surface area contributed by atoms with Crippen molar-refractivity contribution in [1.29, 1.82) is 0 Å². The van der Waals surface area contributed by atoms with E-state index in [0.717, 1.165) is 29.9 Å². The highest BCUT2D eigenvalue weighted by Crippen LogP contribution is 2.22. The molecule has 3 atom stereocenters. The number of ether oxygens (including phenoxy) is 2. The third kappa shape index (κ3) is 19.1. The average Bonchev–Trinajstić information content (AvgIpc) is 2.84. The zero-order chi connectivity index (χ0) is 28.2. The second-order valence-corrected chi connectivity index (χ2v) is 12.0. The molecule has 2 unspecified atom stereocenters. The van der Waals surface area contributed by atoms with Crippen LogP contribution >= 0.6 is 11.8 Å².